The van der Waals surface area contributed by atoms with Crippen LogP contribution in [0, 0.1) is 5.92 Å². The van der Waals surface area contributed by atoms with E-state index in [4.69, 9.17) is 4.74 Å². The van der Waals surface area contributed by atoms with Crippen molar-refractivity contribution < 1.29 is 9.84 Å². The Bertz CT molecular complexity index is 298. The van der Waals surface area contributed by atoms with Gasteiger partial charge in [0.1, 0.15) is 6.10 Å². The molecule has 1 N–H and O–H groups in total. The largest absolute Gasteiger partial charge is 0.396 e. The van der Waals surface area contributed by atoms with Gasteiger partial charge in [0.05, 0.1) is 5.69 Å². The summed E-state index contributed by atoms with van der Waals surface area (Å²) in [4.78, 5) is 0. The monoisotopic (exact) mass is 196 g/mol. The van der Waals surface area contributed by atoms with E-state index in [1.807, 2.05) is 17.8 Å². The molecule has 2 unspecified atom stereocenters. The predicted octanol–water partition coefficient (Wildman–Crippen LogP) is 0.880. The molecule has 2 heterocycles. The molecule has 1 fully saturated rings. The van der Waals surface area contributed by atoms with Crippen LogP contribution in [0.3, 0.4) is 0 Å². The van der Waals surface area contributed by atoms with Crippen molar-refractivity contribution in [2.45, 2.75) is 18.9 Å². The van der Waals surface area contributed by atoms with Crippen LogP contribution in [-0.4, -0.2) is 28.1 Å². The Balaban J connectivity index is 2.19. The van der Waals surface area contributed by atoms with Gasteiger partial charge in [0.25, 0.3) is 0 Å². The third-order valence-electron chi connectivity index (χ3n) is 2.83. The van der Waals surface area contributed by atoms with Crippen molar-refractivity contribution in [1.82, 2.24) is 9.78 Å². The zero-order chi connectivity index (χ0) is 9.97. The molecule has 1 aromatic rings. The average Bonchev–Trinajstić information content (AvgIpc) is 2.64. The number of aliphatic hydroxyl groups excluding tert-OH is 1. The van der Waals surface area contributed by atoms with Gasteiger partial charge in [0.15, 0.2) is 0 Å². The molecule has 14 heavy (non-hydrogen) atoms. The number of ether oxygens (including phenoxy) is 1. The minimum Gasteiger partial charge on any atom is -0.396 e. The quantitative estimate of drug-likeness (QED) is 0.763. The maximum absolute atomic E-state index is 9.24. The minimum atomic E-state index is 0.0150. The molecule has 2 atom stereocenters. The highest BCUT2D eigenvalue weighted by atomic mass is 16.5. The summed E-state index contributed by atoms with van der Waals surface area (Å²) < 4.78 is 7.50. The SMILES string of the molecule is Cn1nccc1C1OCCCC1CO. The van der Waals surface area contributed by atoms with Gasteiger partial charge >= 0.3 is 0 Å². The van der Waals surface area contributed by atoms with Crippen molar-refractivity contribution in [3.05, 3.63) is 18.0 Å². The molecule has 0 aliphatic carbocycles. The van der Waals surface area contributed by atoms with Crippen LogP contribution in [0.5, 0.6) is 0 Å². The molecule has 0 bridgehead atoms. The molecule has 0 spiro atoms. The first-order valence-electron chi connectivity index (χ1n) is 5.03. The van der Waals surface area contributed by atoms with Crippen LogP contribution in [0.25, 0.3) is 0 Å². The van der Waals surface area contributed by atoms with Gasteiger partial charge in [0.2, 0.25) is 0 Å². The molecule has 1 aliphatic rings. The summed E-state index contributed by atoms with van der Waals surface area (Å²) in [6.45, 7) is 0.974. The number of hydrogen-bond donors (Lipinski definition) is 1. The van der Waals surface area contributed by atoms with E-state index in [0.29, 0.717) is 0 Å². The van der Waals surface area contributed by atoms with Crippen LogP contribution in [0.4, 0.5) is 0 Å². The van der Waals surface area contributed by atoms with Gasteiger partial charge in [0, 0.05) is 32.4 Å². The van der Waals surface area contributed by atoms with Crippen LogP contribution in [0.2, 0.25) is 0 Å². The van der Waals surface area contributed by atoms with Crippen molar-refractivity contribution in [3.8, 4) is 0 Å². The Morgan fingerprint density at radius 3 is 3.21 bits per heavy atom. The molecule has 4 nitrogen and oxygen atoms in total. The number of aryl methyl sites for hydroxylation is 1. The summed E-state index contributed by atoms with van der Waals surface area (Å²) >= 11 is 0. The molecule has 1 aliphatic heterocycles. The average molecular weight is 196 g/mol. The number of aliphatic hydroxyl groups is 1. The molecular formula is C10H16N2O2. The summed E-state index contributed by atoms with van der Waals surface area (Å²) in [5.41, 5.74) is 1.06. The first kappa shape index (κ1) is 9.68. The molecular weight excluding hydrogens is 180 g/mol. The normalized spacial score (nSPS) is 27.9. The molecule has 78 valence electrons. The third-order valence-corrected chi connectivity index (χ3v) is 2.83. The van der Waals surface area contributed by atoms with Crippen molar-refractivity contribution >= 4 is 0 Å². The number of nitrogens with zero attached hydrogens (tertiary/aromatic N) is 2. The summed E-state index contributed by atoms with van der Waals surface area (Å²) in [6.07, 6.45) is 3.86. The summed E-state index contributed by atoms with van der Waals surface area (Å²) in [5, 5.41) is 13.4. The molecule has 2 rings (SSSR count). The van der Waals surface area contributed by atoms with Gasteiger partial charge in [-0.05, 0) is 18.9 Å². The number of rotatable bonds is 2. The van der Waals surface area contributed by atoms with E-state index < -0.39 is 0 Å². The standard InChI is InChI=1S/C10H16N2O2/c1-12-9(4-5-11-12)10-8(7-13)3-2-6-14-10/h4-5,8,10,13H,2-3,6-7H2,1H3. The maximum atomic E-state index is 9.24. The fraction of sp³-hybridized carbons (Fsp3) is 0.700. The van der Waals surface area contributed by atoms with Gasteiger partial charge in [-0.2, -0.15) is 5.10 Å². The molecule has 4 heteroatoms. The summed E-state index contributed by atoms with van der Waals surface area (Å²) in [7, 11) is 1.90. The zero-order valence-electron chi connectivity index (χ0n) is 8.39. The number of aromatic nitrogens is 2. The van der Waals surface area contributed by atoms with Crippen LogP contribution < -0.4 is 0 Å². The lowest BCUT2D eigenvalue weighted by molar-refractivity contribution is -0.0497. The molecule has 0 saturated carbocycles. The van der Waals surface area contributed by atoms with Gasteiger partial charge < -0.3 is 9.84 Å². The van der Waals surface area contributed by atoms with Crippen molar-refractivity contribution in [2.24, 2.45) is 13.0 Å². The van der Waals surface area contributed by atoms with Crippen LogP contribution in [0.15, 0.2) is 12.3 Å². The Morgan fingerprint density at radius 2 is 2.57 bits per heavy atom. The molecule has 1 saturated heterocycles. The molecule has 0 aromatic carbocycles. The maximum Gasteiger partial charge on any atom is 0.104 e. The van der Waals surface area contributed by atoms with E-state index in [1.54, 1.807) is 6.20 Å². The molecule has 0 amide bonds. The van der Waals surface area contributed by atoms with Crippen LogP contribution >= 0.6 is 0 Å². The van der Waals surface area contributed by atoms with Crippen molar-refractivity contribution in [1.29, 1.82) is 0 Å². The van der Waals surface area contributed by atoms with Crippen LogP contribution in [-0.2, 0) is 11.8 Å². The van der Waals surface area contributed by atoms with E-state index in [2.05, 4.69) is 5.10 Å². The fourth-order valence-corrected chi connectivity index (χ4v) is 2.02. The van der Waals surface area contributed by atoms with Gasteiger partial charge in [-0.25, -0.2) is 0 Å². The van der Waals surface area contributed by atoms with Crippen molar-refractivity contribution in [2.75, 3.05) is 13.2 Å². The highest BCUT2D eigenvalue weighted by Gasteiger charge is 2.28. The second-order valence-corrected chi connectivity index (χ2v) is 3.76. The summed E-state index contributed by atoms with van der Waals surface area (Å²) in [6, 6.07) is 1.96. The summed E-state index contributed by atoms with van der Waals surface area (Å²) in [5.74, 6) is 0.221. The first-order chi connectivity index (χ1) is 6.83. The predicted molar refractivity (Wildman–Crippen MR) is 51.7 cm³/mol. The lowest BCUT2D eigenvalue weighted by Gasteiger charge is -2.30. The van der Waals surface area contributed by atoms with Crippen LogP contribution in [0.1, 0.15) is 24.6 Å². The fourth-order valence-electron chi connectivity index (χ4n) is 2.02. The van der Waals surface area contributed by atoms with Gasteiger partial charge in [-0.3, -0.25) is 4.68 Å². The Hall–Kier alpha value is -0.870. The van der Waals surface area contributed by atoms with E-state index >= 15 is 0 Å². The van der Waals surface area contributed by atoms with E-state index in [1.165, 1.54) is 0 Å². The smallest absolute Gasteiger partial charge is 0.104 e. The second kappa shape index (κ2) is 4.11. The lowest BCUT2D eigenvalue weighted by atomic mass is 9.93. The second-order valence-electron chi connectivity index (χ2n) is 3.76. The minimum absolute atomic E-state index is 0.0150. The topological polar surface area (TPSA) is 47.3 Å². The van der Waals surface area contributed by atoms with E-state index in [0.717, 1.165) is 25.1 Å². The first-order valence-corrected chi connectivity index (χ1v) is 5.03. The third kappa shape index (κ3) is 1.67. The van der Waals surface area contributed by atoms with Gasteiger partial charge in [-0.15, -0.1) is 0 Å². The Morgan fingerprint density at radius 1 is 1.71 bits per heavy atom. The highest BCUT2D eigenvalue weighted by Crippen LogP contribution is 2.32. The van der Waals surface area contributed by atoms with Crippen molar-refractivity contribution in [3.63, 3.8) is 0 Å². The molecule has 0 radical (unpaired) electrons. The van der Waals surface area contributed by atoms with Gasteiger partial charge in [-0.1, -0.05) is 0 Å². The number of hydrogen-bond acceptors (Lipinski definition) is 3. The molecule has 1 aromatic heterocycles. The Labute approximate surface area is 83.5 Å². The zero-order valence-corrected chi connectivity index (χ0v) is 8.39. The lowest BCUT2D eigenvalue weighted by Crippen LogP contribution is -2.26. The van der Waals surface area contributed by atoms with E-state index in [-0.39, 0.29) is 18.6 Å². The highest BCUT2D eigenvalue weighted by molar-refractivity contribution is 5.06. The Kier molecular flexibility index (Phi) is 2.84. The van der Waals surface area contributed by atoms with E-state index in [9.17, 15) is 5.11 Å².